The molecule has 19 heteroatoms. The van der Waals surface area contributed by atoms with Gasteiger partial charge in [-0.2, -0.15) is 0 Å². The second-order valence-corrected chi connectivity index (χ2v) is 11.6. The third-order valence-corrected chi connectivity index (χ3v) is 8.12. The second-order valence-electron chi connectivity index (χ2n) is 11.6. The Morgan fingerprint density at radius 1 is 0.717 bits per heavy atom. The Morgan fingerprint density at radius 3 is 1.98 bits per heavy atom. The van der Waals surface area contributed by atoms with Gasteiger partial charge < -0.3 is 86.1 Å². The smallest absolute Gasteiger partial charge is 0.219 e. The number of primary amides is 1. The molecule has 3 heterocycles. The van der Waals surface area contributed by atoms with Crippen LogP contribution in [0.3, 0.4) is 0 Å². The summed E-state index contributed by atoms with van der Waals surface area (Å²) in [4.78, 5) is 22.9. The molecule has 0 saturated carbocycles. The van der Waals surface area contributed by atoms with Crippen molar-refractivity contribution in [2.24, 2.45) is 11.5 Å². The maximum absolute atomic E-state index is 12.1. The first-order valence-electron chi connectivity index (χ1n) is 15.3. The van der Waals surface area contributed by atoms with E-state index in [-0.39, 0.29) is 38.3 Å². The highest BCUT2D eigenvalue weighted by molar-refractivity contribution is 5.76. The molecule has 2 amide bonds. The van der Waals surface area contributed by atoms with Gasteiger partial charge in [0.25, 0.3) is 0 Å². The van der Waals surface area contributed by atoms with Crippen LogP contribution in [0.4, 0.5) is 0 Å². The minimum atomic E-state index is -1.78. The molecule has 3 fully saturated rings. The fraction of sp³-hybridized carbons (Fsp3) is 0.926. The summed E-state index contributed by atoms with van der Waals surface area (Å²) >= 11 is 0. The minimum absolute atomic E-state index is 0.0593. The molecule has 0 aromatic carbocycles. The van der Waals surface area contributed by atoms with Gasteiger partial charge in [-0.25, -0.2) is 0 Å². The number of carbonyl (C=O) groups is 2. The van der Waals surface area contributed by atoms with E-state index in [0.717, 1.165) is 0 Å². The van der Waals surface area contributed by atoms with Crippen molar-refractivity contribution in [1.29, 1.82) is 0 Å². The quantitative estimate of drug-likeness (QED) is 0.0680. The van der Waals surface area contributed by atoms with Crippen molar-refractivity contribution in [3.05, 3.63) is 0 Å². The zero-order valence-corrected chi connectivity index (χ0v) is 25.5. The SMILES string of the molecule is C[C@@H]1O[C@@H](O[C@H]2C(OCCCNC(=O)CCCCC(N)=O)OC(CO)C(O)C2O[C@H]2O[C@H](CO)[C@H](O)C(O)C2N)C(O)[C@H](O)[C@@H]1O. The number of amides is 2. The molecule has 0 aromatic heterocycles. The molecule has 46 heavy (non-hydrogen) atoms. The van der Waals surface area contributed by atoms with Crippen molar-refractivity contribution in [1.82, 2.24) is 5.32 Å². The molecule has 7 unspecified atom stereocenters. The lowest BCUT2D eigenvalue weighted by Crippen LogP contribution is -2.68. The van der Waals surface area contributed by atoms with Crippen molar-refractivity contribution in [3.63, 3.8) is 0 Å². The molecule has 3 aliphatic rings. The van der Waals surface area contributed by atoms with Crippen LogP contribution in [0.15, 0.2) is 0 Å². The molecule has 0 bridgehead atoms. The highest BCUT2D eigenvalue weighted by Gasteiger charge is 2.54. The van der Waals surface area contributed by atoms with E-state index < -0.39 is 111 Å². The number of rotatable bonds is 16. The van der Waals surface area contributed by atoms with Gasteiger partial charge in [-0.3, -0.25) is 9.59 Å². The summed E-state index contributed by atoms with van der Waals surface area (Å²) in [5.41, 5.74) is 11.1. The Balaban J connectivity index is 1.74. The summed E-state index contributed by atoms with van der Waals surface area (Å²) < 4.78 is 34.6. The zero-order valence-electron chi connectivity index (χ0n) is 25.5. The topological polar surface area (TPSA) is 315 Å². The highest BCUT2D eigenvalue weighted by Crippen LogP contribution is 2.33. The molecule has 13 N–H and O–H groups in total. The summed E-state index contributed by atoms with van der Waals surface area (Å²) in [6.07, 6.45) is -19.4. The summed E-state index contributed by atoms with van der Waals surface area (Å²) in [5.74, 6) is -0.687. The fourth-order valence-corrected chi connectivity index (χ4v) is 5.31. The number of nitrogens with one attached hydrogen (secondary N) is 1. The molecular formula is C27H49N3O16. The summed E-state index contributed by atoms with van der Waals surface area (Å²) in [7, 11) is 0. The maximum Gasteiger partial charge on any atom is 0.219 e. The number of carbonyl (C=O) groups excluding carboxylic acids is 2. The number of hydrogen-bond donors (Lipinski definition) is 11. The summed E-state index contributed by atoms with van der Waals surface area (Å²) in [5, 5.41) is 85.0. The van der Waals surface area contributed by atoms with Crippen molar-refractivity contribution in [3.8, 4) is 0 Å². The molecular weight excluding hydrogens is 622 g/mol. The van der Waals surface area contributed by atoms with E-state index in [0.29, 0.717) is 12.8 Å². The van der Waals surface area contributed by atoms with Crippen molar-refractivity contribution in [2.75, 3.05) is 26.4 Å². The molecule has 0 aromatic rings. The third-order valence-electron chi connectivity index (χ3n) is 8.12. The van der Waals surface area contributed by atoms with Crippen LogP contribution in [-0.2, 0) is 38.0 Å². The molecule has 3 aliphatic heterocycles. The van der Waals surface area contributed by atoms with Crippen molar-refractivity contribution < 1.29 is 78.9 Å². The summed E-state index contributed by atoms with van der Waals surface area (Å²) in [6, 6.07) is -1.38. The Kier molecular flexibility index (Phi) is 15.3. The van der Waals surface area contributed by atoms with Crippen LogP contribution in [0.2, 0.25) is 0 Å². The van der Waals surface area contributed by atoms with Gasteiger partial charge in [0.2, 0.25) is 11.8 Å². The highest BCUT2D eigenvalue weighted by atomic mass is 16.8. The standard InChI is InChI=1S/C27H49N3O16/c1-11-17(35)21(39)22(40)26(42-11)46-24-23(45-25-16(29)20(38)18(36)12(9-31)43-25)19(37)13(10-32)44-27(24)41-8-4-7-30-15(34)6-3-2-5-14(28)33/h11-13,16-27,31-32,35-40H,2-10,29H2,1H3,(H2,28,33)(H,30,34)/t11-,12+,13?,16?,17+,18-,19?,20?,21+,22?,23?,24+,25+,26-,27?/m0/s1. The maximum atomic E-state index is 12.1. The van der Waals surface area contributed by atoms with Crippen molar-refractivity contribution >= 4 is 11.8 Å². The first kappa shape index (κ1) is 38.8. The lowest BCUT2D eigenvalue weighted by molar-refractivity contribution is -0.384. The van der Waals surface area contributed by atoms with Gasteiger partial charge in [-0.1, -0.05) is 0 Å². The number of aliphatic hydroxyl groups excluding tert-OH is 8. The van der Waals surface area contributed by atoms with Gasteiger partial charge in [0.1, 0.15) is 61.0 Å². The number of aliphatic hydroxyl groups is 8. The molecule has 3 rings (SSSR count). The van der Waals surface area contributed by atoms with Gasteiger partial charge in [0.15, 0.2) is 18.9 Å². The normalized spacial score (nSPS) is 41.7. The van der Waals surface area contributed by atoms with Crippen LogP contribution in [0, 0.1) is 0 Å². The lowest BCUT2D eigenvalue weighted by atomic mass is 9.95. The molecule has 19 nitrogen and oxygen atoms in total. The predicted octanol–water partition coefficient (Wildman–Crippen LogP) is -6.00. The van der Waals surface area contributed by atoms with Crippen LogP contribution >= 0.6 is 0 Å². The van der Waals surface area contributed by atoms with Crippen LogP contribution in [0.1, 0.15) is 39.0 Å². The van der Waals surface area contributed by atoms with Crippen LogP contribution in [-0.4, -0.2) is 171 Å². The van der Waals surface area contributed by atoms with E-state index in [4.69, 9.17) is 39.9 Å². The van der Waals surface area contributed by atoms with Crippen LogP contribution in [0.5, 0.6) is 0 Å². The predicted molar refractivity (Wildman–Crippen MR) is 151 cm³/mol. The number of ether oxygens (including phenoxy) is 6. The van der Waals surface area contributed by atoms with E-state index in [2.05, 4.69) is 5.32 Å². The number of hydrogen-bond acceptors (Lipinski definition) is 17. The van der Waals surface area contributed by atoms with Gasteiger partial charge in [-0.05, 0) is 26.2 Å². The van der Waals surface area contributed by atoms with Gasteiger partial charge in [0.05, 0.1) is 32.0 Å². The fourth-order valence-electron chi connectivity index (χ4n) is 5.31. The van der Waals surface area contributed by atoms with Gasteiger partial charge >= 0.3 is 0 Å². The molecule has 0 spiro atoms. The minimum Gasteiger partial charge on any atom is -0.394 e. The zero-order chi connectivity index (χ0) is 34.1. The summed E-state index contributed by atoms with van der Waals surface area (Å²) in [6.45, 7) is 0.127. The van der Waals surface area contributed by atoms with E-state index in [1.54, 1.807) is 0 Å². The monoisotopic (exact) mass is 671 g/mol. The first-order valence-corrected chi connectivity index (χ1v) is 15.3. The Labute approximate surface area is 265 Å². The van der Waals surface area contributed by atoms with Crippen molar-refractivity contribution in [2.45, 2.75) is 131 Å². The Hall–Kier alpha value is -1.66. The molecule has 0 radical (unpaired) electrons. The van der Waals surface area contributed by atoms with E-state index >= 15 is 0 Å². The van der Waals surface area contributed by atoms with Gasteiger partial charge in [-0.15, -0.1) is 0 Å². The average Bonchev–Trinajstić information content (AvgIpc) is 3.02. The van der Waals surface area contributed by atoms with E-state index in [1.165, 1.54) is 6.92 Å². The number of unbranched alkanes of at least 4 members (excludes halogenated alkanes) is 1. The second kappa shape index (κ2) is 18.2. The molecule has 15 atom stereocenters. The Bertz CT molecular complexity index is 951. The van der Waals surface area contributed by atoms with E-state index in [9.17, 15) is 50.4 Å². The van der Waals surface area contributed by atoms with Crippen LogP contribution in [0.25, 0.3) is 0 Å². The van der Waals surface area contributed by atoms with E-state index in [1.807, 2.05) is 0 Å². The number of nitrogens with two attached hydrogens (primary N) is 2. The Morgan fingerprint density at radius 2 is 1.33 bits per heavy atom. The lowest BCUT2D eigenvalue weighted by Gasteiger charge is -2.49. The first-order chi connectivity index (χ1) is 21.8. The molecule has 3 saturated heterocycles. The molecule has 268 valence electrons. The average molecular weight is 672 g/mol. The van der Waals surface area contributed by atoms with Crippen LogP contribution < -0.4 is 16.8 Å². The van der Waals surface area contributed by atoms with Gasteiger partial charge in [0, 0.05) is 19.4 Å². The largest absolute Gasteiger partial charge is 0.394 e. The molecule has 0 aliphatic carbocycles. The third kappa shape index (κ3) is 9.94.